The van der Waals surface area contributed by atoms with Gasteiger partial charge in [0.25, 0.3) is 0 Å². The van der Waals surface area contributed by atoms with Crippen LogP contribution in [-0.4, -0.2) is 19.1 Å². The molecule has 4 nitrogen and oxygen atoms in total. The molecule has 0 atom stereocenters. The zero-order chi connectivity index (χ0) is 31.9. The molecule has 0 saturated carbocycles. The summed E-state index contributed by atoms with van der Waals surface area (Å²) in [6, 6.07) is 52.2. The van der Waals surface area contributed by atoms with Crippen LogP contribution in [0, 0.1) is 0 Å². The number of hydrogen-bond acceptors (Lipinski definition) is 2. The summed E-state index contributed by atoms with van der Waals surface area (Å²) in [4.78, 5) is 10.5. The number of imidazole rings is 2. The Balaban J connectivity index is 1.32. The lowest BCUT2D eigenvalue weighted by Gasteiger charge is -2.17. The Labute approximate surface area is 277 Å². The number of nitrogens with zero attached hydrogens (tertiary/aromatic N) is 4. The highest BCUT2D eigenvalue weighted by atomic mass is 15.1. The van der Waals surface area contributed by atoms with E-state index in [0.717, 1.165) is 44.8 Å². The number of hydrogen-bond donors (Lipinski definition) is 0. The lowest BCUT2D eigenvalue weighted by Crippen LogP contribution is -1.97. The third kappa shape index (κ3) is 3.77. The van der Waals surface area contributed by atoms with E-state index in [4.69, 9.17) is 9.97 Å². The molecule has 0 saturated heterocycles. The molecule has 226 valence electrons. The number of fused-ring (bicyclic) bond motifs is 8. The van der Waals surface area contributed by atoms with E-state index in [1.807, 2.05) is 0 Å². The predicted molar refractivity (Wildman–Crippen MR) is 201 cm³/mol. The molecule has 2 aromatic heterocycles. The maximum Gasteiger partial charge on any atom is 0.141 e. The van der Waals surface area contributed by atoms with Crippen LogP contribution in [0.4, 0.5) is 0 Å². The van der Waals surface area contributed by atoms with Crippen LogP contribution in [0.1, 0.15) is 0 Å². The minimum atomic E-state index is 0.956. The molecule has 0 aliphatic heterocycles. The fraction of sp³-hybridized carbons (Fsp3) is 0.0455. The molecule has 0 amide bonds. The van der Waals surface area contributed by atoms with E-state index in [-0.39, 0.29) is 0 Å². The SMILES string of the molecule is Cn1c(-c2cccc3c(-c4ccccc4)c4cccc(-c5nc6ccc7ccccc7c6n5C)c4cc23)nc2ccc3ccccc3c21. The van der Waals surface area contributed by atoms with Crippen LogP contribution in [0.25, 0.3) is 99.1 Å². The minimum absolute atomic E-state index is 0.956. The van der Waals surface area contributed by atoms with Gasteiger partial charge in [-0.05, 0) is 61.6 Å². The van der Waals surface area contributed by atoms with E-state index >= 15 is 0 Å². The van der Waals surface area contributed by atoms with Gasteiger partial charge in [0.1, 0.15) is 11.6 Å². The minimum Gasteiger partial charge on any atom is -0.327 e. The first-order valence-corrected chi connectivity index (χ1v) is 16.4. The van der Waals surface area contributed by atoms with Gasteiger partial charge in [-0.1, -0.05) is 127 Å². The second kappa shape index (κ2) is 10.1. The van der Waals surface area contributed by atoms with Crippen molar-refractivity contribution >= 4 is 65.2 Å². The molecule has 0 N–H and O–H groups in total. The van der Waals surface area contributed by atoms with Gasteiger partial charge in [0.15, 0.2) is 0 Å². The van der Waals surface area contributed by atoms with E-state index in [9.17, 15) is 0 Å². The van der Waals surface area contributed by atoms with Crippen molar-refractivity contribution in [3.05, 3.63) is 146 Å². The molecule has 2 heterocycles. The van der Waals surface area contributed by atoms with Crippen LogP contribution in [0.3, 0.4) is 0 Å². The summed E-state index contributed by atoms with van der Waals surface area (Å²) in [7, 11) is 4.29. The Morgan fingerprint density at radius 3 is 1.38 bits per heavy atom. The normalized spacial score (nSPS) is 12.0. The van der Waals surface area contributed by atoms with Gasteiger partial charge in [-0.25, -0.2) is 9.97 Å². The fourth-order valence-corrected chi connectivity index (χ4v) is 7.92. The highest BCUT2D eigenvalue weighted by Crippen LogP contribution is 2.44. The van der Waals surface area contributed by atoms with E-state index < -0.39 is 0 Å². The molecule has 4 heteroatoms. The van der Waals surface area contributed by atoms with Gasteiger partial charge in [-0.2, -0.15) is 0 Å². The Kier molecular flexibility index (Phi) is 5.67. The molecule has 10 aromatic rings. The third-order valence-electron chi connectivity index (χ3n) is 10.1. The summed E-state index contributed by atoms with van der Waals surface area (Å²) in [6.45, 7) is 0. The molecular weight excluding hydrogens is 585 g/mol. The number of aromatic nitrogens is 4. The monoisotopic (exact) mass is 614 g/mol. The van der Waals surface area contributed by atoms with Crippen molar-refractivity contribution in [2.75, 3.05) is 0 Å². The van der Waals surface area contributed by atoms with Crippen LogP contribution in [-0.2, 0) is 14.1 Å². The van der Waals surface area contributed by atoms with E-state index in [2.05, 4.69) is 169 Å². The first kappa shape index (κ1) is 26.9. The van der Waals surface area contributed by atoms with Gasteiger partial charge in [0, 0.05) is 36.0 Å². The molecular formula is C44H30N4. The van der Waals surface area contributed by atoms with Crippen molar-refractivity contribution in [1.82, 2.24) is 19.1 Å². The van der Waals surface area contributed by atoms with Crippen LogP contribution in [0.2, 0.25) is 0 Å². The quantitative estimate of drug-likeness (QED) is 0.186. The average molecular weight is 615 g/mol. The Morgan fingerprint density at radius 2 is 0.854 bits per heavy atom. The second-order valence-corrected chi connectivity index (χ2v) is 12.7. The first-order chi connectivity index (χ1) is 23.7. The Morgan fingerprint density at radius 1 is 0.396 bits per heavy atom. The smallest absolute Gasteiger partial charge is 0.141 e. The number of rotatable bonds is 3. The first-order valence-electron chi connectivity index (χ1n) is 16.4. The zero-order valence-electron chi connectivity index (χ0n) is 26.6. The average Bonchev–Trinajstić information content (AvgIpc) is 3.66. The summed E-state index contributed by atoms with van der Waals surface area (Å²) in [5.41, 5.74) is 8.93. The van der Waals surface area contributed by atoms with Gasteiger partial charge >= 0.3 is 0 Å². The van der Waals surface area contributed by atoms with Gasteiger partial charge in [0.2, 0.25) is 0 Å². The maximum absolute atomic E-state index is 5.26. The van der Waals surface area contributed by atoms with Crippen LogP contribution < -0.4 is 0 Å². The van der Waals surface area contributed by atoms with Crippen molar-refractivity contribution in [3.63, 3.8) is 0 Å². The summed E-state index contributed by atoms with van der Waals surface area (Å²) in [5, 5.41) is 9.61. The van der Waals surface area contributed by atoms with Crippen LogP contribution in [0.15, 0.2) is 146 Å². The largest absolute Gasteiger partial charge is 0.327 e. The van der Waals surface area contributed by atoms with Crippen LogP contribution >= 0.6 is 0 Å². The lowest BCUT2D eigenvalue weighted by atomic mass is 9.88. The fourth-order valence-electron chi connectivity index (χ4n) is 7.92. The maximum atomic E-state index is 5.26. The topological polar surface area (TPSA) is 35.6 Å². The Bertz CT molecular complexity index is 2730. The highest BCUT2D eigenvalue weighted by molar-refractivity contribution is 6.19. The van der Waals surface area contributed by atoms with Crippen molar-refractivity contribution < 1.29 is 0 Å². The van der Waals surface area contributed by atoms with Crippen molar-refractivity contribution in [2.45, 2.75) is 0 Å². The predicted octanol–water partition coefficient (Wildman–Crippen LogP) is 11.1. The second-order valence-electron chi connectivity index (χ2n) is 12.7. The van der Waals surface area contributed by atoms with Gasteiger partial charge in [0.05, 0.1) is 22.1 Å². The summed E-state index contributed by atoms with van der Waals surface area (Å²) in [6.07, 6.45) is 0. The van der Waals surface area contributed by atoms with E-state index in [0.29, 0.717) is 0 Å². The molecule has 48 heavy (non-hydrogen) atoms. The van der Waals surface area contributed by atoms with Gasteiger partial charge < -0.3 is 9.13 Å². The van der Waals surface area contributed by atoms with Crippen molar-refractivity contribution in [2.24, 2.45) is 14.1 Å². The summed E-state index contributed by atoms with van der Waals surface area (Å²) in [5.74, 6) is 1.91. The molecule has 0 bridgehead atoms. The molecule has 0 spiro atoms. The Hall–Kier alpha value is -6.26. The van der Waals surface area contributed by atoms with Gasteiger partial charge in [-0.3, -0.25) is 0 Å². The lowest BCUT2D eigenvalue weighted by molar-refractivity contribution is 0.964. The molecule has 0 aliphatic carbocycles. The molecule has 10 rings (SSSR count). The zero-order valence-corrected chi connectivity index (χ0v) is 26.6. The molecule has 0 radical (unpaired) electrons. The molecule has 0 aliphatic rings. The number of benzene rings is 8. The van der Waals surface area contributed by atoms with Crippen LogP contribution in [0.5, 0.6) is 0 Å². The van der Waals surface area contributed by atoms with Crippen molar-refractivity contribution in [3.8, 4) is 33.9 Å². The van der Waals surface area contributed by atoms with E-state index in [1.54, 1.807) is 0 Å². The molecule has 0 fully saturated rings. The molecule has 8 aromatic carbocycles. The summed E-state index contributed by atoms with van der Waals surface area (Å²) < 4.78 is 4.53. The third-order valence-corrected chi connectivity index (χ3v) is 10.1. The standard InChI is InChI=1S/C44H30N4/c1-47-41-30-16-8-6-12-27(30)22-24-38(41)45-43(47)34-20-10-18-32-36(34)26-37-33(40(32)29-14-4-3-5-15-29)19-11-21-35(37)44-46-39-25-23-28-13-7-9-17-31(28)42(39)48(44)2/h3-26H,1-2H3. The van der Waals surface area contributed by atoms with E-state index in [1.165, 1.54) is 54.2 Å². The van der Waals surface area contributed by atoms with Crippen molar-refractivity contribution in [1.29, 1.82) is 0 Å². The summed E-state index contributed by atoms with van der Waals surface area (Å²) >= 11 is 0. The number of aryl methyl sites for hydroxylation is 2. The van der Waals surface area contributed by atoms with Gasteiger partial charge in [-0.15, -0.1) is 0 Å². The molecule has 0 unspecified atom stereocenters. The highest BCUT2D eigenvalue weighted by Gasteiger charge is 2.21.